The van der Waals surface area contributed by atoms with E-state index in [-0.39, 0.29) is 36.4 Å². The van der Waals surface area contributed by atoms with Crippen molar-refractivity contribution in [2.45, 2.75) is 19.8 Å². The molecule has 1 aromatic carbocycles. The number of fused-ring (bicyclic) bond motifs is 1. The predicted octanol–water partition coefficient (Wildman–Crippen LogP) is 2.37. The fraction of sp³-hybridized carbons (Fsp3) is 0.350. The maximum atomic E-state index is 12.0. The molecule has 3 rings (SSSR count). The van der Waals surface area contributed by atoms with Crippen LogP contribution in [0.5, 0.6) is 5.75 Å². The van der Waals surface area contributed by atoms with Gasteiger partial charge in [-0.2, -0.15) is 0 Å². The van der Waals surface area contributed by atoms with Gasteiger partial charge in [-0.05, 0) is 42.7 Å². The Morgan fingerprint density at radius 1 is 1.29 bits per heavy atom. The van der Waals surface area contributed by atoms with Crippen LogP contribution < -0.4 is 20.7 Å². The van der Waals surface area contributed by atoms with Gasteiger partial charge in [-0.15, -0.1) is 24.0 Å². The number of benzene rings is 1. The molecule has 1 aliphatic heterocycles. The molecule has 0 fully saturated rings. The number of halogens is 1. The van der Waals surface area contributed by atoms with Crippen molar-refractivity contribution in [3.63, 3.8) is 0 Å². The standard InChI is InChI=1S/C20H25N5O2.HI/c1-2-22-20(24-14-19(26)25-17-4-3-9-21-13-17)23-10-7-15-5-6-18-16(12-15)8-11-27-18;/h3-6,9,12-13H,2,7-8,10-11,14H2,1H3,(H,25,26)(H2,22,23,24);1H. The first-order chi connectivity index (χ1) is 13.2. The lowest BCUT2D eigenvalue weighted by Gasteiger charge is -2.12. The molecule has 150 valence electrons. The molecule has 2 heterocycles. The molecule has 0 atom stereocenters. The summed E-state index contributed by atoms with van der Waals surface area (Å²) < 4.78 is 5.54. The molecule has 0 unspecified atom stereocenters. The van der Waals surface area contributed by atoms with Crippen molar-refractivity contribution in [2.24, 2.45) is 4.99 Å². The number of carbonyl (C=O) groups excluding carboxylic acids is 1. The number of pyridine rings is 1. The van der Waals surface area contributed by atoms with E-state index < -0.39 is 0 Å². The number of aliphatic imine (C=N–C) groups is 1. The summed E-state index contributed by atoms with van der Waals surface area (Å²) in [7, 11) is 0. The summed E-state index contributed by atoms with van der Waals surface area (Å²) in [6.45, 7) is 4.27. The molecule has 0 radical (unpaired) electrons. The second-order valence-electron chi connectivity index (χ2n) is 6.20. The summed E-state index contributed by atoms with van der Waals surface area (Å²) in [4.78, 5) is 20.3. The summed E-state index contributed by atoms with van der Waals surface area (Å²) in [5, 5.41) is 9.20. The third-order valence-electron chi connectivity index (χ3n) is 4.13. The lowest BCUT2D eigenvalue weighted by atomic mass is 10.1. The molecule has 1 aromatic heterocycles. The largest absolute Gasteiger partial charge is 0.493 e. The SMILES string of the molecule is CCNC(=NCC(=O)Nc1cccnc1)NCCc1ccc2c(c1)CCO2.I. The van der Waals surface area contributed by atoms with E-state index in [0.29, 0.717) is 11.6 Å². The number of amides is 1. The van der Waals surface area contributed by atoms with Crippen molar-refractivity contribution in [3.8, 4) is 5.75 Å². The summed E-state index contributed by atoms with van der Waals surface area (Å²) in [5.74, 6) is 1.45. The topological polar surface area (TPSA) is 87.6 Å². The van der Waals surface area contributed by atoms with Crippen molar-refractivity contribution < 1.29 is 9.53 Å². The Morgan fingerprint density at radius 2 is 2.18 bits per heavy atom. The molecular formula is C20H26IN5O2. The van der Waals surface area contributed by atoms with Crippen LogP contribution >= 0.6 is 24.0 Å². The van der Waals surface area contributed by atoms with E-state index in [2.05, 4.69) is 38.1 Å². The Bertz CT molecular complexity index is 798. The van der Waals surface area contributed by atoms with Gasteiger partial charge < -0.3 is 20.7 Å². The van der Waals surface area contributed by atoms with Crippen LogP contribution in [0, 0.1) is 0 Å². The van der Waals surface area contributed by atoms with Crippen molar-refractivity contribution in [1.82, 2.24) is 15.6 Å². The molecule has 0 aliphatic carbocycles. The number of hydrogen-bond acceptors (Lipinski definition) is 4. The minimum absolute atomic E-state index is 0. The highest BCUT2D eigenvalue weighted by Crippen LogP contribution is 2.25. The molecule has 2 aromatic rings. The number of carbonyl (C=O) groups is 1. The van der Waals surface area contributed by atoms with Crippen LogP contribution in [-0.4, -0.2) is 43.1 Å². The van der Waals surface area contributed by atoms with Crippen molar-refractivity contribution in [1.29, 1.82) is 0 Å². The summed E-state index contributed by atoms with van der Waals surface area (Å²) in [6.07, 6.45) is 5.12. The van der Waals surface area contributed by atoms with Gasteiger partial charge in [-0.1, -0.05) is 12.1 Å². The van der Waals surface area contributed by atoms with Crippen molar-refractivity contribution in [3.05, 3.63) is 53.9 Å². The first-order valence-corrected chi connectivity index (χ1v) is 9.21. The Hall–Kier alpha value is -2.36. The Morgan fingerprint density at radius 3 is 2.96 bits per heavy atom. The van der Waals surface area contributed by atoms with E-state index in [9.17, 15) is 4.79 Å². The minimum Gasteiger partial charge on any atom is -0.493 e. The molecule has 7 nitrogen and oxygen atoms in total. The van der Waals surface area contributed by atoms with E-state index in [0.717, 1.165) is 38.3 Å². The zero-order chi connectivity index (χ0) is 18.9. The quantitative estimate of drug-likeness (QED) is 0.312. The molecule has 0 bridgehead atoms. The Labute approximate surface area is 182 Å². The smallest absolute Gasteiger partial charge is 0.246 e. The summed E-state index contributed by atoms with van der Waals surface area (Å²) in [6, 6.07) is 9.90. The highest BCUT2D eigenvalue weighted by atomic mass is 127. The fourth-order valence-corrected chi connectivity index (χ4v) is 2.85. The van der Waals surface area contributed by atoms with Gasteiger partial charge in [0.25, 0.3) is 0 Å². The molecule has 0 saturated carbocycles. The van der Waals surface area contributed by atoms with Crippen LogP contribution in [0.25, 0.3) is 0 Å². The second kappa shape index (κ2) is 11.5. The van der Waals surface area contributed by atoms with Gasteiger partial charge in [0.1, 0.15) is 12.3 Å². The van der Waals surface area contributed by atoms with Gasteiger partial charge >= 0.3 is 0 Å². The van der Waals surface area contributed by atoms with Crippen molar-refractivity contribution in [2.75, 3.05) is 31.6 Å². The lowest BCUT2D eigenvalue weighted by Crippen LogP contribution is -2.39. The highest BCUT2D eigenvalue weighted by Gasteiger charge is 2.11. The Balaban J connectivity index is 0.00000280. The molecular weight excluding hydrogens is 469 g/mol. The van der Waals surface area contributed by atoms with Crippen molar-refractivity contribution >= 4 is 41.5 Å². The fourth-order valence-electron chi connectivity index (χ4n) is 2.85. The number of hydrogen-bond donors (Lipinski definition) is 3. The van der Waals surface area contributed by atoms with Gasteiger partial charge in [-0.3, -0.25) is 9.78 Å². The number of nitrogens with one attached hydrogen (secondary N) is 3. The molecule has 0 saturated heterocycles. The number of aromatic nitrogens is 1. The number of rotatable bonds is 7. The maximum Gasteiger partial charge on any atom is 0.246 e. The lowest BCUT2D eigenvalue weighted by molar-refractivity contribution is -0.114. The third-order valence-corrected chi connectivity index (χ3v) is 4.13. The zero-order valence-electron chi connectivity index (χ0n) is 15.9. The molecule has 3 N–H and O–H groups in total. The number of ether oxygens (including phenoxy) is 1. The van der Waals surface area contributed by atoms with Crippen LogP contribution in [0.1, 0.15) is 18.1 Å². The van der Waals surface area contributed by atoms with E-state index >= 15 is 0 Å². The molecule has 0 spiro atoms. The van der Waals surface area contributed by atoms with Crippen LogP contribution in [0.3, 0.4) is 0 Å². The van der Waals surface area contributed by atoms with Gasteiger partial charge in [0.15, 0.2) is 5.96 Å². The van der Waals surface area contributed by atoms with Gasteiger partial charge in [0.2, 0.25) is 5.91 Å². The van der Waals surface area contributed by atoms with Crippen LogP contribution in [0.4, 0.5) is 5.69 Å². The van der Waals surface area contributed by atoms with Gasteiger partial charge in [-0.25, -0.2) is 4.99 Å². The first kappa shape index (κ1) is 21.9. The van der Waals surface area contributed by atoms with Crippen LogP contribution in [0.2, 0.25) is 0 Å². The molecule has 1 aliphatic rings. The minimum atomic E-state index is -0.182. The van der Waals surface area contributed by atoms with Crippen LogP contribution in [-0.2, 0) is 17.6 Å². The number of anilines is 1. The average Bonchev–Trinajstić information content (AvgIpc) is 3.15. The summed E-state index contributed by atoms with van der Waals surface area (Å²) >= 11 is 0. The number of guanidine groups is 1. The van der Waals surface area contributed by atoms with Gasteiger partial charge in [0, 0.05) is 25.7 Å². The zero-order valence-corrected chi connectivity index (χ0v) is 18.2. The number of nitrogens with zero attached hydrogens (tertiary/aromatic N) is 2. The van der Waals surface area contributed by atoms with E-state index in [1.807, 2.05) is 13.0 Å². The maximum absolute atomic E-state index is 12.0. The monoisotopic (exact) mass is 495 g/mol. The molecule has 8 heteroatoms. The van der Waals surface area contributed by atoms with Gasteiger partial charge in [0.05, 0.1) is 18.5 Å². The molecule has 28 heavy (non-hydrogen) atoms. The Kier molecular flexibility index (Phi) is 8.99. The van der Waals surface area contributed by atoms with E-state index in [1.54, 1.807) is 24.5 Å². The first-order valence-electron chi connectivity index (χ1n) is 9.21. The average molecular weight is 495 g/mol. The highest BCUT2D eigenvalue weighted by molar-refractivity contribution is 14.0. The predicted molar refractivity (Wildman–Crippen MR) is 122 cm³/mol. The summed E-state index contributed by atoms with van der Waals surface area (Å²) in [5.41, 5.74) is 3.20. The normalized spacial score (nSPS) is 12.4. The van der Waals surface area contributed by atoms with E-state index in [4.69, 9.17) is 4.74 Å². The third kappa shape index (κ3) is 6.66. The molecule has 1 amide bonds. The second-order valence-corrected chi connectivity index (χ2v) is 6.20. The van der Waals surface area contributed by atoms with Crippen LogP contribution in [0.15, 0.2) is 47.7 Å². The van der Waals surface area contributed by atoms with E-state index in [1.165, 1.54) is 11.1 Å².